The summed E-state index contributed by atoms with van der Waals surface area (Å²) < 4.78 is 0.923. The summed E-state index contributed by atoms with van der Waals surface area (Å²) in [7, 11) is 0. The second-order valence-corrected chi connectivity index (χ2v) is 9.74. The Kier molecular flexibility index (Phi) is 5.49. The van der Waals surface area contributed by atoms with Gasteiger partial charge in [-0.2, -0.15) is 0 Å². The maximum Gasteiger partial charge on any atom is 0.141 e. The van der Waals surface area contributed by atoms with E-state index in [9.17, 15) is 5.11 Å². The van der Waals surface area contributed by atoms with Gasteiger partial charge in [0.25, 0.3) is 0 Å². The minimum atomic E-state index is -1.34. The van der Waals surface area contributed by atoms with E-state index in [0.717, 1.165) is 32.3 Å². The van der Waals surface area contributed by atoms with Gasteiger partial charge in [0.15, 0.2) is 0 Å². The lowest BCUT2D eigenvalue weighted by molar-refractivity contribution is 0.126. The minimum absolute atomic E-state index is 0.829. The molecular formula is C33H23BrO. The summed E-state index contributed by atoms with van der Waals surface area (Å²) in [6.45, 7) is 0. The maximum absolute atomic E-state index is 12.7. The highest BCUT2D eigenvalue weighted by molar-refractivity contribution is 9.10. The second-order valence-electron chi connectivity index (χ2n) is 8.82. The first-order chi connectivity index (χ1) is 17.2. The van der Waals surface area contributed by atoms with Crippen LogP contribution in [0.15, 0.2) is 138 Å². The van der Waals surface area contributed by atoms with Crippen LogP contribution in [-0.4, -0.2) is 5.11 Å². The fraction of sp³-hybridized carbons (Fsp3) is 0.0303. The molecule has 1 nitrogen and oxygen atoms in total. The normalized spacial score (nSPS) is 11.7. The van der Waals surface area contributed by atoms with Crippen molar-refractivity contribution >= 4 is 37.5 Å². The molecule has 0 spiro atoms. The zero-order chi connectivity index (χ0) is 23.8. The molecule has 0 fully saturated rings. The van der Waals surface area contributed by atoms with Crippen LogP contribution in [0.5, 0.6) is 0 Å². The van der Waals surface area contributed by atoms with Crippen molar-refractivity contribution in [1.82, 2.24) is 0 Å². The molecule has 0 saturated carbocycles. The van der Waals surface area contributed by atoms with E-state index in [1.807, 2.05) is 60.7 Å². The summed E-state index contributed by atoms with van der Waals surface area (Å²) in [5.41, 5.74) is 3.27. The monoisotopic (exact) mass is 514 g/mol. The lowest BCUT2D eigenvalue weighted by Crippen LogP contribution is -2.29. The largest absolute Gasteiger partial charge is 0.376 e. The number of aliphatic hydroxyl groups is 1. The van der Waals surface area contributed by atoms with E-state index in [1.165, 1.54) is 21.5 Å². The Morgan fingerprint density at radius 2 is 1.03 bits per heavy atom. The van der Waals surface area contributed by atoms with Crippen LogP contribution in [0.4, 0.5) is 0 Å². The third-order valence-corrected chi connectivity index (χ3v) is 7.31. The van der Waals surface area contributed by atoms with Crippen molar-refractivity contribution in [3.8, 4) is 11.1 Å². The van der Waals surface area contributed by atoms with Crippen LogP contribution in [-0.2, 0) is 5.60 Å². The van der Waals surface area contributed by atoms with Crippen molar-refractivity contribution in [2.24, 2.45) is 0 Å². The van der Waals surface area contributed by atoms with Gasteiger partial charge in [-0.25, -0.2) is 0 Å². The standard InChI is InChI=1S/C33H23BrO/c34-26-19-20-30(31-21-23-11-7-8-16-27(23)28-17-9-10-18-29(28)31)32(22-26)33(35,24-12-3-1-4-13-24)25-14-5-2-6-15-25/h1-22,35H. The second kappa shape index (κ2) is 8.81. The summed E-state index contributed by atoms with van der Waals surface area (Å²) in [4.78, 5) is 0. The molecule has 0 amide bonds. The van der Waals surface area contributed by atoms with Crippen LogP contribution in [0.1, 0.15) is 16.7 Å². The molecule has 0 aliphatic carbocycles. The predicted octanol–water partition coefficient (Wildman–Crippen LogP) is 8.71. The molecule has 6 aromatic rings. The van der Waals surface area contributed by atoms with Gasteiger partial charge in [-0.1, -0.05) is 131 Å². The van der Waals surface area contributed by atoms with Crippen LogP contribution >= 0.6 is 15.9 Å². The fourth-order valence-electron chi connectivity index (χ4n) is 5.16. The van der Waals surface area contributed by atoms with E-state index in [-0.39, 0.29) is 0 Å². The number of halogens is 1. The van der Waals surface area contributed by atoms with E-state index in [4.69, 9.17) is 0 Å². The average Bonchev–Trinajstić information content (AvgIpc) is 2.93. The van der Waals surface area contributed by atoms with Gasteiger partial charge in [0.2, 0.25) is 0 Å². The van der Waals surface area contributed by atoms with Gasteiger partial charge < -0.3 is 5.11 Å². The zero-order valence-electron chi connectivity index (χ0n) is 19.0. The van der Waals surface area contributed by atoms with Crippen molar-refractivity contribution < 1.29 is 5.11 Å². The Balaban J connectivity index is 1.73. The Bertz CT molecular complexity index is 1620. The highest BCUT2D eigenvalue weighted by atomic mass is 79.9. The van der Waals surface area contributed by atoms with E-state index < -0.39 is 5.60 Å². The van der Waals surface area contributed by atoms with E-state index in [0.29, 0.717) is 0 Å². The molecule has 6 aromatic carbocycles. The smallest absolute Gasteiger partial charge is 0.141 e. The SMILES string of the molecule is OC(c1ccccc1)(c1ccccc1)c1cc(Br)ccc1-c1cc2ccccc2c2ccccc12. The summed E-state index contributed by atoms with van der Waals surface area (Å²) in [6.07, 6.45) is 0. The van der Waals surface area contributed by atoms with Gasteiger partial charge in [0.05, 0.1) is 0 Å². The molecule has 0 saturated heterocycles. The first-order valence-corrected chi connectivity index (χ1v) is 12.5. The van der Waals surface area contributed by atoms with Crippen molar-refractivity contribution in [3.63, 3.8) is 0 Å². The molecule has 0 radical (unpaired) electrons. The molecule has 0 aliphatic heterocycles. The third-order valence-electron chi connectivity index (χ3n) is 6.81. The molecule has 168 valence electrons. The van der Waals surface area contributed by atoms with Crippen molar-refractivity contribution in [2.45, 2.75) is 5.60 Å². The molecule has 0 atom stereocenters. The molecule has 1 N–H and O–H groups in total. The highest BCUT2D eigenvalue weighted by Gasteiger charge is 2.36. The van der Waals surface area contributed by atoms with Gasteiger partial charge in [-0.05, 0) is 62.0 Å². The van der Waals surface area contributed by atoms with E-state index in [1.54, 1.807) is 0 Å². The van der Waals surface area contributed by atoms with Gasteiger partial charge in [-0.3, -0.25) is 0 Å². The lowest BCUT2D eigenvalue weighted by Gasteiger charge is -2.32. The fourth-order valence-corrected chi connectivity index (χ4v) is 5.53. The molecule has 2 heteroatoms. The van der Waals surface area contributed by atoms with E-state index >= 15 is 0 Å². The Labute approximate surface area is 213 Å². The summed E-state index contributed by atoms with van der Waals surface area (Å²) in [5, 5.41) is 17.4. The number of benzene rings is 6. The molecule has 0 aliphatic rings. The molecule has 0 bridgehead atoms. The summed E-state index contributed by atoms with van der Waals surface area (Å²) >= 11 is 3.68. The number of fused-ring (bicyclic) bond motifs is 3. The maximum atomic E-state index is 12.7. The van der Waals surface area contributed by atoms with Gasteiger partial charge >= 0.3 is 0 Å². The number of hydrogen-bond acceptors (Lipinski definition) is 1. The zero-order valence-corrected chi connectivity index (χ0v) is 20.6. The van der Waals surface area contributed by atoms with Crippen LogP contribution < -0.4 is 0 Å². The Morgan fingerprint density at radius 3 is 1.69 bits per heavy atom. The van der Waals surface area contributed by atoms with Crippen LogP contribution in [0.25, 0.3) is 32.7 Å². The summed E-state index contributed by atoms with van der Waals surface area (Å²) in [6, 6.07) is 45.4. The van der Waals surface area contributed by atoms with Crippen LogP contribution in [0.2, 0.25) is 0 Å². The molecule has 0 heterocycles. The molecule has 6 rings (SSSR count). The van der Waals surface area contributed by atoms with Crippen molar-refractivity contribution in [2.75, 3.05) is 0 Å². The predicted molar refractivity (Wildman–Crippen MR) is 150 cm³/mol. The first kappa shape index (κ1) is 21.8. The Hall–Kier alpha value is -3.72. The Morgan fingerprint density at radius 1 is 0.486 bits per heavy atom. The van der Waals surface area contributed by atoms with Gasteiger partial charge in [0, 0.05) is 10.0 Å². The molecule has 35 heavy (non-hydrogen) atoms. The van der Waals surface area contributed by atoms with Crippen molar-refractivity contribution in [3.05, 3.63) is 155 Å². The quantitative estimate of drug-likeness (QED) is 0.184. The van der Waals surface area contributed by atoms with Crippen molar-refractivity contribution in [1.29, 1.82) is 0 Å². The van der Waals surface area contributed by atoms with Crippen LogP contribution in [0, 0.1) is 0 Å². The van der Waals surface area contributed by atoms with E-state index in [2.05, 4.69) is 88.7 Å². The molecule has 0 aromatic heterocycles. The number of rotatable bonds is 4. The molecule has 0 unspecified atom stereocenters. The number of hydrogen-bond donors (Lipinski definition) is 1. The molecular weight excluding hydrogens is 492 g/mol. The summed E-state index contributed by atoms with van der Waals surface area (Å²) in [5.74, 6) is 0. The highest BCUT2D eigenvalue weighted by Crippen LogP contribution is 2.45. The van der Waals surface area contributed by atoms with Gasteiger partial charge in [-0.15, -0.1) is 0 Å². The lowest BCUT2D eigenvalue weighted by atomic mass is 9.76. The topological polar surface area (TPSA) is 20.2 Å². The first-order valence-electron chi connectivity index (χ1n) is 11.7. The third kappa shape index (κ3) is 3.67. The average molecular weight is 515 g/mol. The minimum Gasteiger partial charge on any atom is -0.376 e. The van der Waals surface area contributed by atoms with Crippen LogP contribution in [0.3, 0.4) is 0 Å². The van der Waals surface area contributed by atoms with Gasteiger partial charge in [0.1, 0.15) is 5.60 Å².